The maximum atomic E-state index is 11.0. The van der Waals surface area contributed by atoms with Gasteiger partial charge in [0.15, 0.2) is 0 Å². The Kier molecular flexibility index (Phi) is 20.0. The van der Waals surface area contributed by atoms with E-state index in [1.165, 1.54) is 44.9 Å². The molecule has 0 amide bonds. The molecule has 0 aromatic rings. The van der Waals surface area contributed by atoms with Crippen LogP contribution in [0.5, 0.6) is 0 Å². The van der Waals surface area contributed by atoms with E-state index in [-0.39, 0.29) is 37.4 Å². The average molecular weight is 371 g/mol. The summed E-state index contributed by atoms with van der Waals surface area (Å²) in [5, 5.41) is -1.06. The third kappa shape index (κ3) is 18.7. The van der Waals surface area contributed by atoms with Gasteiger partial charge in [-0.25, -0.2) is 0 Å². The number of carbonyl (C=O) groups is 1. The van der Waals surface area contributed by atoms with Crippen LogP contribution in [0.4, 0.5) is 0 Å². The van der Waals surface area contributed by atoms with Gasteiger partial charge in [0.1, 0.15) is 0 Å². The monoisotopic (exact) mass is 370 g/mol. The van der Waals surface area contributed by atoms with Gasteiger partial charge in [-0.05, 0) is 32.1 Å². The zero-order valence-corrected chi connectivity index (χ0v) is 18.5. The fraction of sp³-hybridized carbons (Fsp3) is 0.833. The molecule has 0 aliphatic carbocycles. The van der Waals surface area contributed by atoms with E-state index >= 15 is 0 Å². The van der Waals surface area contributed by atoms with E-state index in [9.17, 15) is 13.2 Å². The first-order valence-electron chi connectivity index (χ1n) is 9.13. The van der Waals surface area contributed by atoms with Crippen LogP contribution in [-0.2, 0) is 14.9 Å². The molecule has 6 heteroatoms. The zero-order valence-electron chi connectivity index (χ0n) is 16.6. The molecule has 0 saturated heterocycles. The van der Waals surface area contributed by atoms with Crippen molar-refractivity contribution < 1.29 is 48.7 Å². The van der Waals surface area contributed by atoms with Crippen molar-refractivity contribution in [2.24, 2.45) is 0 Å². The normalized spacial score (nSPS) is 11.6. The predicted octanol–water partition coefficient (Wildman–Crippen LogP) is 2.55. The van der Waals surface area contributed by atoms with E-state index < -0.39 is 15.2 Å². The van der Waals surface area contributed by atoms with Gasteiger partial charge in [-0.15, -0.1) is 0 Å². The van der Waals surface area contributed by atoms with Crippen molar-refractivity contribution in [2.45, 2.75) is 96.8 Å². The summed E-state index contributed by atoms with van der Waals surface area (Å²) in [6, 6.07) is 0. The summed E-state index contributed by atoms with van der Waals surface area (Å²) in [5.41, 5.74) is 0. The second kappa shape index (κ2) is 18.1. The van der Waals surface area contributed by atoms with Gasteiger partial charge in [-0.2, -0.15) is 8.42 Å². The van der Waals surface area contributed by atoms with Crippen molar-refractivity contribution >= 4 is 15.2 Å². The molecule has 0 aromatic heterocycles. The molecule has 0 heterocycles. The molecule has 0 bridgehead atoms. The SMILES string of the molecule is CCCCCCCCC=CCCCCCCCC(=O)S(=O)(=O)O.[H-].[Na+]. The minimum Gasteiger partial charge on any atom is -1.00 e. The molecule has 24 heavy (non-hydrogen) atoms. The number of unbranched alkanes of at least 4 members (excludes halogenated alkanes) is 11. The van der Waals surface area contributed by atoms with Crippen molar-refractivity contribution in [3.05, 3.63) is 12.2 Å². The smallest absolute Gasteiger partial charge is 1.00 e. The molecule has 1 N–H and O–H groups in total. The van der Waals surface area contributed by atoms with Crippen LogP contribution in [0.2, 0.25) is 0 Å². The van der Waals surface area contributed by atoms with Gasteiger partial charge in [0.2, 0.25) is 0 Å². The first kappa shape index (κ1) is 26.5. The molecule has 0 fully saturated rings. The second-order valence-electron chi connectivity index (χ2n) is 6.18. The molecule has 0 aromatic carbocycles. The molecule has 0 unspecified atom stereocenters. The van der Waals surface area contributed by atoms with Crippen LogP contribution in [0, 0.1) is 0 Å². The van der Waals surface area contributed by atoms with E-state index in [4.69, 9.17) is 4.55 Å². The molecule has 0 rings (SSSR count). The number of hydrogen-bond acceptors (Lipinski definition) is 3. The van der Waals surface area contributed by atoms with Crippen LogP contribution in [0.15, 0.2) is 12.2 Å². The summed E-state index contributed by atoms with van der Waals surface area (Å²) in [4.78, 5) is 11.0. The Hall–Kier alpha value is 0.320. The number of hydrogen-bond donors (Lipinski definition) is 1. The third-order valence-electron chi connectivity index (χ3n) is 3.93. The Balaban J connectivity index is -0.00000242. The third-order valence-corrected chi connectivity index (χ3v) is 4.71. The molecule has 0 saturated carbocycles. The number of allylic oxidation sites excluding steroid dienone is 2. The summed E-state index contributed by atoms with van der Waals surface area (Å²) < 4.78 is 29.5. The van der Waals surface area contributed by atoms with Crippen molar-refractivity contribution in [3.8, 4) is 0 Å². The summed E-state index contributed by atoms with van der Waals surface area (Å²) in [7, 11) is -4.47. The van der Waals surface area contributed by atoms with Gasteiger partial charge >= 0.3 is 39.7 Å². The quantitative estimate of drug-likeness (QED) is 0.208. The molecule has 0 spiro atoms. The maximum Gasteiger partial charge on any atom is 1.00 e. The summed E-state index contributed by atoms with van der Waals surface area (Å²) >= 11 is 0. The van der Waals surface area contributed by atoms with E-state index in [1.807, 2.05) is 0 Å². The predicted molar refractivity (Wildman–Crippen MR) is 97.1 cm³/mol. The van der Waals surface area contributed by atoms with Gasteiger partial charge in [0, 0.05) is 6.42 Å². The molecule has 4 nitrogen and oxygen atoms in total. The van der Waals surface area contributed by atoms with Crippen LogP contribution < -0.4 is 29.6 Å². The molecule has 0 aliphatic rings. The van der Waals surface area contributed by atoms with E-state index in [0.29, 0.717) is 6.42 Å². The Morgan fingerprint density at radius 3 is 1.71 bits per heavy atom. The fourth-order valence-electron chi connectivity index (χ4n) is 2.47. The van der Waals surface area contributed by atoms with Crippen molar-refractivity contribution in [1.29, 1.82) is 0 Å². The van der Waals surface area contributed by atoms with Gasteiger partial charge in [-0.1, -0.05) is 70.4 Å². The van der Waals surface area contributed by atoms with Crippen molar-refractivity contribution in [3.63, 3.8) is 0 Å². The Bertz CT molecular complexity index is 425. The summed E-state index contributed by atoms with van der Waals surface area (Å²) in [5.74, 6) is 0. The van der Waals surface area contributed by atoms with Gasteiger partial charge < -0.3 is 1.43 Å². The molecular formula is C18H35NaO4S. The van der Waals surface area contributed by atoms with Crippen LogP contribution >= 0.6 is 0 Å². The largest absolute Gasteiger partial charge is 1.00 e. The van der Waals surface area contributed by atoms with Crippen molar-refractivity contribution in [1.82, 2.24) is 0 Å². The van der Waals surface area contributed by atoms with Crippen LogP contribution in [0.3, 0.4) is 0 Å². The topological polar surface area (TPSA) is 71.4 Å². The van der Waals surface area contributed by atoms with Gasteiger partial charge in [0.25, 0.3) is 5.12 Å². The molecule has 0 atom stereocenters. The molecule has 138 valence electrons. The van der Waals surface area contributed by atoms with Crippen LogP contribution in [0.1, 0.15) is 98.2 Å². The van der Waals surface area contributed by atoms with Crippen LogP contribution in [0.25, 0.3) is 0 Å². The van der Waals surface area contributed by atoms with E-state index in [0.717, 1.165) is 32.1 Å². The molecular weight excluding hydrogens is 335 g/mol. The summed E-state index contributed by atoms with van der Waals surface area (Å²) in [6.07, 6.45) is 19.4. The maximum absolute atomic E-state index is 11.0. The second-order valence-corrected chi connectivity index (χ2v) is 7.59. The van der Waals surface area contributed by atoms with Crippen molar-refractivity contribution in [2.75, 3.05) is 0 Å². The van der Waals surface area contributed by atoms with Crippen LogP contribution in [-0.4, -0.2) is 18.1 Å². The average Bonchev–Trinajstić information content (AvgIpc) is 2.50. The van der Waals surface area contributed by atoms with Gasteiger partial charge in [-0.3, -0.25) is 9.35 Å². The Morgan fingerprint density at radius 1 is 0.833 bits per heavy atom. The summed E-state index contributed by atoms with van der Waals surface area (Å²) in [6.45, 7) is 2.24. The first-order valence-corrected chi connectivity index (χ1v) is 10.6. The van der Waals surface area contributed by atoms with E-state index in [2.05, 4.69) is 19.1 Å². The van der Waals surface area contributed by atoms with Gasteiger partial charge in [0.05, 0.1) is 0 Å². The standard InChI is InChI=1S/C18H34O4S.Na.H/c1-2-3-4-5-6-7-8-9-10-11-12-13-14-15-16-17-18(19)23(20,21)22;;/h9-10H,2-8,11-17H2,1H3,(H,20,21,22);;/q;+1;-1. The fourth-order valence-corrected chi connectivity index (χ4v) is 2.87. The Morgan fingerprint density at radius 2 is 1.25 bits per heavy atom. The molecule has 0 radical (unpaired) electrons. The van der Waals surface area contributed by atoms with E-state index in [1.54, 1.807) is 0 Å². The Labute approximate surface area is 172 Å². The zero-order chi connectivity index (χ0) is 17.4. The molecule has 0 aliphatic heterocycles. The first-order chi connectivity index (χ1) is 11.0. The number of rotatable bonds is 15. The minimum absolute atomic E-state index is 0. The minimum atomic E-state index is -4.47. The number of carbonyl (C=O) groups excluding carboxylic acids is 1.